The standard InChI is InChI=1S/C9H13N.C4H7NO3.C3H8O/c1-8(10)7-9-5-3-2-4-6-9;1-8-4(7)2-5-3-6;1-3-4-2/h2-6,8H,7,10H2,1H3;3H,2H2,1H3,(H,5,6);3H2,1-2H3. The number of hydrogen-bond acceptors (Lipinski definition) is 5. The van der Waals surface area contributed by atoms with Crippen LogP contribution >= 0.6 is 0 Å². The summed E-state index contributed by atoms with van der Waals surface area (Å²) >= 11 is 0. The third kappa shape index (κ3) is 18.1. The predicted molar refractivity (Wildman–Crippen MR) is 87.4 cm³/mol. The van der Waals surface area contributed by atoms with E-state index in [1.165, 1.54) is 12.7 Å². The highest BCUT2D eigenvalue weighted by Crippen LogP contribution is 2.00. The van der Waals surface area contributed by atoms with Crippen LogP contribution < -0.4 is 11.1 Å². The summed E-state index contributed by atoms with van der Waals surface area (Å²) in [5.74, 6) is -0.447. The van der Waals surface area contributed by atoms with Crippen LogP contribution in [0.3, 0.4) is 0 Å². The van der Waals surface area contributed by atoms with Crippen LogP contribution in [0.1, 0.15) is 19.4 Å². The van der Waals surface area contributed by atoms with Crippen LogP contribution in [0.4, 0.5) is 0 Å². The molecule has 6 heteroatoms. The van der Waals surface area contributed by atoms with E-state index in [4.69, 9.17) is 5.73 Å². The number of carbonyl (C=O) groups is 2. The largest absolute Gasteiger partial charge is 0.468 e. The molecule has 6 nitrogen and oxygen atoms in total. The molecule has 22 heavy (non-hydrogen) atoms. The van der Waals surface area contributed by atoms with Crippen LogP contribution in [0.25, 0.3) is 0 Å². The van der Waals surface area contributed by atoms with E-state index in [0.717, 1.165) is 13.0 Å². The van der Waals surface area contributed by atoms with E-state index in [9.17, 15) is 9.59 Å². The first-order chi connectivity index (χ1) is 10.5. The summed E-state index contributed by atoms with van der Waals surface area (Å²) in [6.07, 6.45) is 1.41. The van der Waals surface area contributed by atoms with Gasteiger partial charge in [-0.1, -0.05) is 30.3 Å². The lowest BCUT2D eigenvalue weighted by atomic mass is 10.1. The Morgan fingerprint density at radius 2 is 1.86 bits per heavy atom. The topological polar surface area (TPSA) is 90.7 Å². The number of nitrogens with two attached hydrogens (primary N) is 1. The molecule has 0 saturated heterocycles. The van der Waals surface area contributed by atoms with Crippen molar-refractivity contribution in [1.82, 2.24) is 5.32 Å². The van der Waals surface area contributed by atoms with Crippen molar-refractivity contribution < 1.29 is 19.1 Å². The number of ether oxygens (including phenoxy) is 2. The highest BCUT2D eigenvalue weighted by atomic mass is 16.5. The van der Waals surface area contributed by atoms with Crippen molar-refractivity contribution in [3.8, 4) is 0 Å². The molecule has 1 rings (SSSR count). The predicted octanol–water partition coefficient (Wildman–Crippen LogP) is 1.13. The zero-order valence-corrected chi connectivity index (χ0v) is 13.9. The van der Waals surface area contributed by atoms with Gasteiger partial charge in [0.2, 0.25) is 6.41 Å². The zero-order chi connectivity index (χ0) is 17.2. The van der Waals surface area contributed by atoms with Crippen LogP contribution in [-0.4, -0.2) is 45.8 Å². The molecule has 0 radical (unpaired) electrons. The summed E-state index contributed by atoms with van der Waals surface area (Å²) in [6, 6.07) is 10.6. The van der Waals surface area contributed by atoms with E-state index in [0.29, 0.717) is 6.41 Å². The third-order valence-corrected chi connectivity index (χ3v) is 2.25. The molecule has 3 N–H and O–H groups in total. The molecule has 1 unspecified atom stereocenters. The first-order valence-electron chi connectivity index (χ1n) is 7.04. The number of amides is 1. The van der Waals surface area contributed by atoms with Gasteiger partial charge in [-0.15, -0.1) is 0 Å². The van der Waals surface area contributed by atoms with Crippen molar-refractivity contribution in [2.75, 3.05) is 27.4 Å². The summed E-state index contributed by atoms with van der Waals surface area (Å²) in [4.78, 5) is 19.6. The van der Waals surface area contributed by atoms with Crippen LogP contribution in [0.2, 0.25) is 0 Å². The van der Waals surface area contributed by atoms with Crippen LogP contribution in [0.15, 0.2) is 30.3 Å². The number of hydrogen-bond donors (Lipinski definition) is 2. The maximum atomic E-state index is 10.1. The molecule has 0 aliphatic heterocycles. The highest BCUT2D eigenvalue weighted by molar-refractivity contribution is 5.73. The molecule has 126 valence electrons. The molecular formula is C16H28N2O4. The number of benzene rings is 1. The maximum Gasteiger partial charge on any atom is 0.325 e. The fourth-order valence-corrected chi connectivity index (χ4v) is 1.18. The Bertz CT molecular complexity index is 368. The summed E-state index contributed by atoms with van der Waals surface area (Å²) in [5, 5.41) is 2.14. The van der Waals surface area contributed by atoms with Crippen molar-refractivity contribution in [3.63, 3.8) is 0 Å². The second kappa shape index (κ2) is 17.1. The van der Waals surface area contributed by atoms with Gasteiger partial charge in [0, 0.05) is 19.8 Å². The van der Waals surface area contributed by atoms with Gasteiger partial charge in [-0.05, 0) is 25.8 Å². The molecule has 0 aromatic heterocycles. The molecule has 0 heterocycles. The Hall–Kier alpha value is -1.92. The second-order valence-corrected chi connectivity index (χ2v) is 4.32. The average molecular weight is 312 g/mol. The monoisotopic (exact) mass is 312 g/mol. The molecule has 0 aliphatic carbocycles. The lowest BCUT2D eigenvalue weighted by Gasteiger charge is -2.02. The number of nitrogens with one attached hydrogen (secondary N) is 1. The molecule has 0 aliphatic rings. The summed E-state index contributed by atoms with van der Waals surface area (Å²) in [7, 11) is 2.94. The van der Waals surface area contributed by atoms with Crippen molar-refractivity contribution in [1.29, 1.82) is 0 Å². The summed E-state index contributed by atoms with van der Waals surface area (Å²) in [5.41, 5.74) is 6.94. The Balaban J connectivity index is 0. The van der Waals surface area contributed by atoms with Crippen LogP contribution in [0.5, 0.6) is 0 Å². The Labute approximate surface area is 133 Å². The molecule has 1 amide bonds. The van der Waals surface area contributed by atoms with E-state index >= 15 is 0 Å². The lowest BCUT2D eigenvalue weighted by Crippen LogP contribution is -2.21. The van der Waals surface area contributed by atoms with Crippen molar-refractivity contribution in [2.45, 2.75) is 26.3 Å². The van der Waals surface area contributed by atoms with Crippen LogP contribution in [0, 0.1) is 0 Å². The van der Waals surface area contributed by atoms with Crippen LogP contribution in [-0.2, 0) is 25.5 Å². The minimum atomic E-state index is -0.447. The van der Waals surface area contributed by atoms with Gasteiger partial charge in [0.05, 0.1) is 7.11 Å². The van der Waals surface area contributed by atoms with Gasteiger partial charge in [-0.2, -0.15) is 0 Å². The number of rotatable bonds is 6. The Morgan fingerprint density at radius 3 is 2.23 bits per heavy atom. The van der Waals surface area contributed by atoms with Gasteiger partial charge in [0.1, 0.15) is 6.54 Å². The normalized spacial score (nSPS) is 10.0. The van der Waals surface area contributed by atoms with E-state index in [2.05, 4.69) is 26.9 Å². The smallest absolute Gasteiger partial charge is 0.325 e. The number of carbonyl (C=O) groups excluding carboxylic acids is 2. The van der Waals surface area contributed by atoms with Crippen molar-refractivity contribution >= 4 is 12.4 Å². The molecule has 0 bridgehead atoms. The minimum absolute atomic E-state index is 0.0556. The SMILES string of the molecule is CC(N)Cc1ccccc1.CCOC.COC(=O)CNC=O. The highest BCUT2D eigenvalue weighted by Gasteiger charge is 1.94. The summed E-state index contributed by atoms with van der Waals surface area (Å²) < 4.78 is 8.73. The van der Waals surface area contributed by atoms with Gasteiger partial charge in [-0.25, -0.2) is 0 Å². The van der Waals surface area contributed by atoms with Crippen molar-refractivity contribution in [3.05, 3.63) is 35.9 Å². The Morgan fingerprint density at radius 1 is 1.32 bits per heavy atom. The van der Waals surface area contributed by atoms with Crippen molar-refractivity contribution in [2.24, 2.45) is 5.73 Å². The number of methoxy groups -OCH3 is 2. The molecule has 0 spiro atoms. The van der Waals surface area contributed by atoms with E-state index in [-0.39, 0.29) is 12.6 Å². The summed E-state index contributed by atoms with van der Waals surface area (Å²) in [6.45, 7) is 4.74. The first kappa shape index (κ1) is 22.4. The van der Waals surface area contributed by atoms with E-state index in [1.807, 2.05) is 32.0 Å². The van der Waals surface area contributed by atoms with Gasteiger partial charge in [-0.3, -0.25) is 9.59 Å². The van der Waals surface area contributed by atoms with Gasteiger partial charge < -0.3 is 20.5 Å². The van der Waals surface area contributed by atoms with Gasteiger partial charge >= 0.3 is 5.97 Å². The third-order valence-electron chi connectivity index (χ3n) is 2.25. The molecule has 1 atom stereocenters. The Kier molecular flexibility index (Phi) is 17.4. The fourth-order valence-electron chi connectivity index (χ4n) is 1.18. The molecular weight excluding hydrogens is 284 g/mol. The molecule has 0 saturated carbocycles. The lowest BCUT2D eigenvalue weighted by molar-refractivity contribution is -0.140. The molecule has 0 fully saturated rings. The first-order valence-corrected chi connectivity index (χ1v) is 7.04. The van der Waals surface area contributed by atoms with Gasteiger partial charge in [0.25, 0.3) is 0 Å². The van der Waals surface area contributed by atoms with E-state index < -0.39 is 5.97 Å². The fraction of sp³-hybridized carbons (Fsp3) is 0.500. The zero-order valence-electron chi connectivity index (χ0n) is 13.9. The van der Waals surface area contributed by atoms with Gasteiger partial charge in [0.15, 0.2) is 0 Å². The molecule has 1 aromatic carbocycles. The second-order valence-electron chi connectivity index (χ2n) is 4.32. The minimum Gasteiger partial charge on any atom is -0.468 e. The number of esters is 1. The average Bonchev–Trinajstić information content (AvgIpc) is 2.53. The maximum absolute atomic E-state index is 10.1. The molecule has 1 aromatic rings. The quantitative estimate of drug-likeness (QED) is 0.607. The van der Waals surface area contributed by atoms with E-state index in [1.54, 1.807) is 7.11 Å².